The number of para-hydroxylation sites is 1. The molecule has 0 amide bonds. The molecule has 2 aromatic carbocycles. The van der Waals surface area contributed by atoms with Crippen LogP contribution in [0.5, 0.6) is 5.75 Å². The fourth-order valence-electron chi connectivity index (χ4n) is 2.75. The first kappa shape index (κ1) is 19.8. The van der Waals surface area contributed by atoms with Gasteiger partial charge in [-0.1, -0.05) is 18.2 Å². The second kappa shape index (κ2) is 7.75. The van der Waals surface area contributed by atoms with Gasteiger partial charge in [0.1, 0.15) is 11.6 Å². The van der Waals surface area contributed by atoms with Gasteiger partial charge < -0.3 is 5.11 Å². The Morgan fingerprint density at radius 1 is 1.00 bits per heavy atom. The highest BCUT2D eigenvalue weighted by Gasteiger charge is 2.36. The zero-order valence-electron chi connectivity index (χ0n) is 15.1. The van der Waals surface area contributed by atoms with E-state index in [-0.39, 0.29) is 16.6 Å². The summed E-state index contributed by atoms with van der Waals surface area (Å²) in [6.07, 6.45) is -1.78. The van der Waals surface area contributed by atoms with E-state index >= 15 is 0 Å². The van der Waals surface area contributed by atoms with Crippen LogP contribution in [0.2, 0.25) is 0 Å². The Labute approximate surface area is 172 Å². The summed E-state index contributed by atoms with van der Waals surface area (Å²) in [5.74, 6) is -0.408. The molecule has 4 rings (SSSR count). The maximum atomic E-state index is 13.6. The fraction of sp³-hybridized carbons (Fsp3) is 0.0476. The number of thiazole rings is 1. The number of phenols is 1. The lowest BCUT2D eigenvalue weighted by molar-refractivity contribution is -0.142. The van der Waals surface area contributed by atoms with Crippen molar-refractivity contribution in [3.05, 3.63) is 82.7 Å². The predicted octanol–water partition coefficient (Wildman–Crippen LogP) is 6.03. The molecule has 1 N–H and O–H groups in total. The van der Waals surface area contributed by atoms with E-state index in [0.29, 0.717) is 16.8 Å². The van der Waals surface area contributed by atoms with E-state index in [4.69, 9.17) is 0 Å². The van der Waals surface area contributed by atoms with Crippen molar-refractivity contribution in [1.82, 2.24) is 14.8 Å². The lowest BCUT2D eigenvalue weighted by atomic mass is 10.2. The number of halogens is 4. The summed E-state index contributed by atoms with van der Waals surface area (Å²) in [6.45, 7) is 0. The molecule has 0 radical (unpaired) electrons. The maximum absolute atomic E-state index is 13.6. The van der Waals surface area contributed by atoms with Gasteiger partial charge in [0, 0.05) is 16.5 Å². The Hall–Kier alpha value is -3.46. The summed E-state index contributed by atoms with van der Waals surface area (Å²) in [7, 11) is 0. The Morgan fingerprint density at radius 3 is 2.43 bits per heavy atom. The molecule has 0 bridgehead atoms. The average Bonchev–Trinajstić information content (AvgIpc) is 3.35. The number of hydrogen-bond acceptors (Lipinski definition) is 4. The molecule has 0 aliphatic heterocycles. The monoisotopic (exact) mass is 431 g/mol. The zero-order chi connectivity index (χ0) is 21.3. The third kappa shape index (κ3) is 4.11. The highest BCUT2D eigenvalue weighted by Crippen LogP contribution is 2.34. The SMILES string of the molecule is Oc1ccccc1/C=C/c1cc(C(F)(F)F)n(-c2nc(-c3ccc(F)cc3)cs2)n1. The van der Waals surface area contributed by atoms with Gasteiger partial charge in [0.2, 0.25) is 5.13 Å². The lowest BCUT2D eigenvalue weighted by Gasteiger charge is -2.07. The van der Waals surface area contributed by atoms with Crippen molar-refractivity contribution in [1.29, 1.82) is 0 Å². The molecule has 4 nitrogen and oxygen atoms in total. The number of rotatable bonds is 4. The van der Waals surface area contributed by atoms with Crippen LogP contribution in [0.1, 0.15) is 17.0 Å². The zero-order valence-corrected chi connectivity index (χ0v) is 16.0. The van der Waals surface area contributed by atoms with Crippen LogP contribution in [0.3, 0.4) is 0 Å². The quantitative estimate of drug-likeness (QED) is 0.402. The summed E-state index contributed by atoms with van der Waals surface area (Å²) < 4.78 is 54.5. The highest BCUT2D eigenvalue weighted by molar-refractivity contribution is 7.12. The molecule has 9 heteroatoms. The second-order valence-electron chi connectivity index (χ2n) is 6.28. The number of aromatic nitrogens is 3. The van der Waals surface area contributed by atoms with E-state index in [9.17, 15) is 22.7 Å². The van der Waals surface area contributed by atoms with E-state index in [1.807, 2.05) is 0 Å². The van der Waals surface area contributed by atoms with Crippen LogP contribution in [0, 0.1) is 5.82 Å². The highest BCUT2D eigenvalue weighted by atomic mass is 32.1. The molecular formula is C21H13F4N3OS. The first-order valence-corrected chi connectivity index (χ1v) is 9.54. The third-order valence-corrected chi connectivity index (χ3v) is 5.02. The Morgan fingerprint density at radius 2 is 1.73 bits per heavy atom. The average molecular weight is 431 g/mol. The van der Waals surface area contributed by atoms with Crippen molar-refractivity contribution >= 4 is 23.5 Å². The lowest BCUT2D eigenvalue weighted by Crippen LogP contribution is -2.13. The van der Waals surface area contributed by atoms with E-state index in [1.54, 1.807) is 23.6 Å². The second-order valence-corrected chi connectivity index (χ2v) is 7.11. The van der Waals surface area contributed by atoms with Crippen LogP contribution >= 0.6 is 11.3 Å². The van der Waals surface area contributed by atoms with Gasteiger partial charge in [-0.05, 0) is 48.6 Å². The van der Waals surface area contributed by atoms with Gasteiger partial charge in [0.05, 0.1) is 11.4 Å². The number of aromatic hydroxyl groups is 1. The summed E-state index contributed by atoms with van der Waals surface area (Å²) in [6, 6.07) is 12.9. The van der Waals surface area contributed by atoms with Crippen LogP contribution in [0.25, 0.3) is 28.5 Å². The summed E-state index contributed by atoms with van der Waals surface area (Å²) >= 11 is 0.994. The van der Waals surface area contributed by atoms with Crippen LogP contribution in [0.15, 0.2) is 60.0 Å². The van der Waals surface area contributed by atoms with E-state index in [0.717, 1.165) is 22.1 Å². The standard InChI is InChI=1S/C21H13F4N3OS/c22-15-8-5-13(6-9-15)17-12-30-20(26-17)28-19(21(23,24)25)11-16(27-28)10-7-14-3-1-2-4-18(14)29/h1-12,29H/b10-7+. The smallest absolute Gasteiger partial charge is 0.433 e. The van der Waals surface area contributed by atoms with Gasteiger partial charge in [-0.2, -0.15) is 18.3 Å². The molecule has 2 heterocycles. The van der Waals surface area contributed by atoms with Crippen LogP contribution < -0.4 is 0 Å². The topological polar surface area (TPSA) is 50.9 Å². The van der Waals surface area contributed by atoms with Crippen LogP contribution in [0.4, 0.5) is 17.6 Å². The van der Waals surface area contributed by atoms with Crippen molar-refractivity contribution in [2.75, 3.05) is 0 Å². The predicted molar refractivity (Wildman–Crippen MR) is 107 cm³/mol. The van der Waals surface area contributed by atoms with E-state index < -0.39 is 17.7 Å². The molecular weight excluding hydrogens is 418 g/mol. The van der Waals surface area contributed by atoms with Gasteiger partial charge in [0.25, 0.3) is 0 Å². The van der Waals surface area contributed by atoms with E-state index in [2.05, 4.69) is 10.1 Å². The molecule has 0 spiro atoms. The minimum Gasteiger partial charge on any atom is -0.507 e. The molecule has 0 saturated heterocycles. The first-order chi connectivity index (χ1) is 14.3. The van der Waals surface area contributed by atoms with Crippen LogP contribution in [-0.4, -0.2) is 19.9 Å². The third-order valence-electron chi connectivity index (χ3n) is 4.20. The maximum Gasteiger partial charge on any atom is 0.433 e. The number of phenolic OH excluding ortho intramolecular Hbond substituents is 1. The van der Waals surface area contributed by atoms with Gasteiger partial charge in [-0.3, -0.25) is 0 Å². The van der Waals surface area contributed by atoms with Crippen molar-refractivity contribution in [3.8, 4) is 22.1 Å². The van der Waals surface area contributed by atoms with Crippen LogP contribution in [-0.2, 0) is 6.18 Å². The summed E-state index contributed by atoms with van der Waals surface area (Å²) in [4.78, 5) is 4.23. The molecule has 0 fully saturated rings. The molecule has 0 atom stereocenters. The first-order valence-electron chi connectivity index (χ1n) is 8.66. The molecule has 30 heavy (non-hydrogen) atoms. The molecule has 0 saturated carbocycles. The number of nitrogens with zero attached hydrogens (tertiary/aromatic N) is 3. The van der Waals surface area contributed by atoms with Crippen molar-refractivity contribution in [2.24, 2.45) is 0 Å². The Kier molecular flexibility index (Phi) is 5.13. The Bertz CT molecular complexity index is 1210. The van der Waals surface area contributed by atoms with Gasteiger partial charge >= 0.3 is 6.18 Å². The normalized spacial score (nSPS) is 12.0. The van der Waals surface area contributed by atoms with Crippen molar-refractivity contribution in [3.63, 3.8) is 0 Å². The van der Waals surface area contributed by atoms with Crippen molar-refractivity contribution in [2.45, 2.75) is 6.18 Å². The largest absolute Gasteiger partial charge is 0.507 e. The molecule has 0 aliphatic rings. The van der Waals surface area contributed by atoms with Gasteiger partial charge in [0.15, 0.2) is 5.69 Å². The summed E-state index contributed by atoms with van der Waals surface area (Å²) in [5, 5.41) is 15.4. The molecule has 152 valence electrons. The minimum atomic E-state index is -4.64. The molecule has 2 aromatic heterocycles. The van der Waals surface area contributed by atoms with Gasteiger partial charge in [-0.15, -0.1) is 11.3 Å². The van der Waals surface area contributed by atoms with E-state index in [1.165, 1.54) is 42.5 Å². The minimum absolute atomic E-state index is 0.00749. The molecule has 4 aromatic rings. The fourth-order valence-corrected chi connectivity index (χ4v) is 3.54. The molecule has 0 unspecified atom stereocenters. The van der Waals surface area contributed by atoms with Crippen molar-refractivity contribution < 1.29 is 22.7 Å². The summed E-state index contributed by atoms with van der Waals surface area (Å²) in [5.41, 5.74) is 0.543. The van der Waals surface area contributed by atoms with Gasteiger partial charge in [-0.25, -0.2) is 14.1 Å². The Balaban J connectivity index is 1.71. The molecule has 0 aliphatic carbocycles. The number of alkyl halides is 3. The number of benzene rings is 2. The number of hydrogen-bond donors (Lipinski definition) is 1.